The minimum Gasteiger partial charge on any atom is -0.350 e. The lowest BCUT2D eigenvalue weighted by atomic mass is 10.1. The normalized spacial score (nSPS) is 14.2. The van der Waals surface area contributed by atoms with Crippen LogP contribution in [0.25, 0.3) is 0 Å². The summed E-state index contributed by atoms with van der Waals surface area (Å²) in [6.45, 7) is 14.5. The van der Waals surface area contributed by atoms with Gasteiger partial charge in [-0.15, -0.1) is 5.10 Å². The van der Waals surface area contributed by atoms with E-state index in [2.05, 4.69) is 41.7 Å². The SMILES string of the molecule is CC(NCc1cn(C(C)(C)C)nn1)C(=O)NC(C)(C)C. The summed E-state index contributed by atoms with van der Waals surface area (Å²) in [5, 5.41) is 14.3. The molecule has 1 aromatic rings. The third-order valence-electron chi connectivity index (χ3n) is 2.71. The second-order valence-corrected chi connectivity index (χ2v) is 7.17. The first-order valence-corrected chi connectivity index (χ1v) is 6.96. The molecule has 0 saturated carbocycles. The smallest absolute Gasteiger partial charge is 0.237 e. The Kier molecular flexibility index (Phi) is 4.91. The average molecular weight is 281 g/mol. The molecule has 20 heavy (non-hydrogen) atoms. The van der Waals surface area contributed by atoms with Gasteiger partial charge in [0.25, 0.3) is 0 Å². The maximum absolute atomic E-state index is 11.9. The van der Waals surface area contributed by atoms with Crippen molar-refractivity contribution in [2.45, 2.75) is 72.1 Å². The average Bonchev–Trinajstić information content (AvgIpc) is 2.71. The van der Waals surface area contributed by atoms with Crippen molar-refractivity contribution in [2.75, 3.05) is 0 Å². The quantitative estimate of drug-likeness (QED) is 0.875. The summed E-state index contributed by atoms with van der Waals surface area (Å²) in [6, 6.07) is -0.269. The van der Waals surface area contributed by atoms with Crippen LogP contribution < -0.4 is 10.6 Å². The fourth-order valence-corrected chi connectivity index (χ4v) is 1.54. The molecule has 1 heterocycles. The summed E-state index contributed by atoms with van der Waals surface area (Å²) >= 11 is 0. The molecule has 0 fully saturated rings. The second kappa shape index (κ2) is 5.91. The van der Waals surface area contributed by atoms with E-state index in [4.69, 9.17) is 0 Å². The van der Waals surface area contributed by atoms with Crippen LogP contribution in [0.4, 0.5) is 0 Å². The molecule has 1 rings (SSSR count). The fourth-order valence-electron chi connectivity index (χ4n) is 1.54. The molecule has 0 bridgehead atoms. The van der Waals surface area contributed by atoms with E-state index >= 15 is 0 Å². The molecule has 1 amide bonds. The van der Waals surface area contributed by atoms with E-state index in [1.807, 2.05) is 38.6 Å². The van der Waals surface area contributed by atoms with Crippen LogP contribution in [0.15, 0.2) is 6.20 Å². The van der Waals surface area contributed by atoms with Crippen molar-refractivity contribution >= 4 is 5.91 Å². The van der Waals surface area contributed by atoms with Gasteiger partial charge in [-0.2, -0.15) is 0 Å². The Morgan fingerprint density at radius 3 is 2.35 bits per heavy atom. The van der Waals surface area contributed by atoms with Gasteiger partial charge < -0.3 is 10.6 Å². The van der Waals surface area contributed by atoms with Gasteiger partial charge in [0.15, 0.2) is 0 Å². The molecule has 1 atom stereocenters. The van der Waals surface area contributed by atoms with E-state index < -0.39 is 0 Å². The third-order valence-corrected chi connectivity index (χ3v) is 2.71. The second-order valence-electron chi connectivity index (χ2n) is 7.17. The molecule has 1 aromatic heterocycles. The molecule has 6 heteroatoms. The summed E-state index contributed by atoms with van der Waals surface area (Å²) in [5.41, 5.74) is 0.526. The molecule has 0 saturated heterocycles. The van der Waals surface area contributed by atoms with Crippen molar-refractivity contribution in [3.63, 3.8) is 0 Å². The van der Waals surface area contributed by atoms with Gasteiger partial charge in [-0.3, -0.25) is 4.79 Å². The molecule has 0 radical (unpaired) electrons. The topological polar surface area (TPSA) is 71.8 Å². The van der Waals surface area contributed by atoms with E-state index in [9.17, 15) is 4.79 Å². The zero-order valence-electron chi connectivity index (χ0n) is 13.6. The standard InChI is InChI=1S/C14H27N5O/c1-10(12(20)16-13(2,3)4)15-8-11-9-19(18-17-11)14(5,6)7/h9-10,15H,8H2,1-7H3,(H,16,20). The van der Waals surface area contributed by atoms with Crippen molar-refractivity contribution < 1.29 is 4.79 Å². The van der Waals surface area contributed by atoms with Gasteiger partial charge in [0.1, 0.15) is 0 Å². The first-order valence-electron chi connectivity index (χ1n) is 6.96. The summed E-state index contributed by atoms with van der Waals surface area (Å²) in [4.78, 5) is 11.9. The Bertz CT molecular complexity index is 453. The van der Waals surface area contributed by atoms with Crippen LogP contribution in [0, 0.1) is 0 Å². The highest BCUT2D eigenvalue weighted by Crippen LogP contribution is 2.11. The molecule has 114 valence electrons. The maximum atomic E-state index is 11.9. The molecular formula is C14H27N5O. The van der Waals surface area contributed by atoms with Crippen molar-refractivity contribution in [1.82, 2.24) is 25.6 Å². The molecule has 6 nitrogen and oxygen atoms in total. The van der Waals surface area contributed by atoms with Crippen LogP contribution in [0.5, 0.6) is 0 Å². The van der Waals surface area contributed by atoms with Crippen molar-refractivity contribution in [1.29, 1.82) is 0 Å². The Morgan fingerprint density at radius 1 is 1.30 bits per heavy atom. The summed E-state index contributed by atoms with van der Waals surface area (Å²) < 4.78 is 1.82. The predicted molar refractivity (Wildman–Crippen MR) is 79.2 cm³/mol. The summed E-state index contributed by atoms with van der Waals surface area (Å²) in [7, 11) is 0. The number of rotatable bonds is 4. The van der Waals surface area contributed by atoms with Crippen LogP contribution in [-0.2, 0) is 16.9 Å². The highest BCUT2D eigenvalue weighted by atomic mass is 16.2. The predicted octanol–water partition coefficient (Wildman–Crippen LogP) is 1.43. The number of aromatic nitrogens is 3. The fraction of sp³-hybridized carbons (Fsp3) is 0.786. The Balaban J connectivity index is 2.51. The van der Waals surface area contributed by atoms with Gasteiger partial charge in [0.05, 0.1) is 23.5 Å². The van der Waals surface area contributed by atoms with E-state index in [1.165, 1.54) is 0 Å². The Morgan fingerprint density at radius 2 is 1.90 bits per heavy atom. The lowest BCUT2D eigenvalue weighted by Crippen LogP contribution is -2.49. The Labute approximate surface area is 121 Å². The summed E-state index contributed by atoms with van der Waals surface area (Å²) in [5.74, 6) is -0.0132. The monoisotopic (exact) mass is 281 g/mol. The van der Waals surface area contributed by atoms with Gasteiger partial charge >= 0.3 is 0 Å². The zero-order chi connectivity index (χ0) is 15.6. The number of carbonyl (C=O) groups is 1. The molecular weight excluding hydrogens is 254 g/mol. The van der Waals surface area contributed by atoms with E-state index in [0.29, 0.717) is 6.54 Å². The third kappa shape index (κ3) is 5.28. The van der Waals surface area contributed by atoms with Gasteiger partial charge in [0.2, 0.25) is 5.91 Å². The van der Waals surface area contributed by atoms with Crippen LogP contribution in [0.1, 0.15) is 54.2 Å². The molecule has 1 unspecified atom stereocenters. The van der Waals surface area contributed by atoms with Crippen LogP contribution in [0.2, 0.25) is 0 Å². The van der Waals surface area contributed by atoms with Crippen molar-refractivity contribution in [3.8, 4) is 0 Å². The van der Waals surface area contributed by atoms with Gasteiger partial charge in [0, 0.05) is 12.1 Å². The number of hydrogen-bond acceptors (Lipinski definition) is 4. The highest BCUT2D eigenvalue weighted by Gasteiger charge is 2.19. The number of hydrogen-bond donors (Lipinski definition) is 2. The zero-order valence-corrected chi connectivity index (χ0v) is 13.6. The number of nitrogens with one attached hydrogen (secondary N) is 2. The molecule has 0 aliphatic rings. The lowest BCUT2D eigenvalue weighted by Gasteiger charge is -2.23. The van der Waals surface area contributed by atoms with E-state index in [1.54, 1.807) is 0 Å². The van der Waals surface area contributed by atoms with E-state index in [-0.39, 0.29) is 23.0 Å². The van der Waals surface area contributed by atoms with E-state index in [0.717, 1.165) is 5.69 Å². The molecule has 0 aromatic carbocycles. The number of carbonyl (C=O) groups excluding carboxylic acids is 1. The van der Waals surface area contributed by atoms with Crippen LogP contribution in [-0.4, -0.2) is 32.5 Å². The number of nitrogens with zero attached hydrogens (tertiary/aromatic N) is 3. The van der Waals surface area contributed by atoms with Gasteiger partial charge in [-0.25, -0.2) is 4.68 Å². The largest absolute Gasteiger partial charge is 0.350 e. The molecule has 2 N–H and O–H groups in total. The lowest BCUT2D eigenvalue weighted by molar-refractivity contribution is -0.124. The Hall–Kier alpha value is -1.43. The van der Waals surface area contributed by atoms with Gasteiger partial charge in [-0.1, -0.05) is 5.21 Å². The van der Waals surface area contributed by atoms with Crippen molar-refractivity contribution in [2.24, 2.45) is 0 Å². The van der Waals surface area contributed by atoms with Crippen molar-refractivity contribution in [3.05, 3.63) is 11.9 Å². The molecule has 0 aliphatic carbocycles. The van der Waals surface area contributed by atoms with Crippen LogP contribution in [0.3, 0.4) is 0 Å². The number of amides is 1. The molecule has 0 aliphatic heterocycles. The minimum absolute atomic E-state index is 0.0132. The highest BCUT2D eigenvalue weighted by molar-refractivity contribution is 5.81. The summed E-state index contributed by atoms with van der Waals surface area (Å²) in [6.07, 6.45) is 1.90. The van der Waals surface area contributed by atoms with Crippen LogP contribution >= 0.6 is 0 Å². The first-order chi connectivity index (χ1) is 8.99. The van der Waals surface area contributed by atoms with Gasteiger partial charge in [-0.05, 0) is 48.5 Å². The minimum atomic E-state index is -0.269. The molecule has 0 spiro atoms. The first kappa shape index (κ1) is 16.6. The maximum Gasteiger partial charge on any atom is 0.237 e.